The van der Waals surface area contributed by atoms with Gasteiger partial charge in [0.1, 0.15) is 29.4 Å². The number of urea groups is 1. The topological polar surface area (TPSA) is 94.2 Å². The van der Waals surface area contributed by atoms with E-state index in [9.17, 15) is 14.4 Å². The van der Waals surface area contributed by atoms with Crippen molar-refractivity contribution in [3.05, 3.63) is 88.5 Å². The van der Waals surface area contributed by atoms with Gasteiger partial charge in [0, 0.05) is 22.2 Å². The van der Waals surface area contributed by atoms with Gasteiger partial charge in [-0.2, -0.15) is 0 Å². The molecule has 36 heavy (non-hydrogen) atoms. The van der Waals surface area contributed by atoms with E-state index >= 15 is 0 Å². The van der Waals surface area contributed by atoms with E-state index in [4.69, 9.17) is 25.8 Å². The van der Waals surface area contributed by atoms with Crippen LogP contribution in [0, 0.1) is 0 Å². The number of amides is 4. The van der Waals surface area contributed by atoms with Gasteiger partial charge in [-0.05, 0) is 55.5 Å². The molecule has 1 N–H and O–H groups in total. The van der Waals surface area contributed by atoms with Gasteiger partial charge in [0.2, 0.25) is 0 Å². The fourth-order valence-electron chi connectivity index (χ4n) is 3.56. The van der Waals surface area contributed by atoms with E-state index < -0.39 is 17.8 Å². The molecule has 3 aromatic rings. The number of benzene rings is 3. The molecular formula is C27H23ClN2O6. The minimum Gasteiger partial charge on any atom is -0.497 e. The van der Waals surface area contributed by atoms with Gasteiger partial charge >= 0.3 is 6.03 Å². The molecule has 0 radical (unpaired) electrons. The van der Waals surface area contributed by atoms with Crippen LogP contribution in [0.4, 0.5) is 10.5 Å². The van der Waals surface area contributed by atoms with Crippen molar-refractivity contribution in [3.63, 3.8) is 0 Å². The van der Waals surface area contributed by atoms with Crippen LogP contribution < -0.4 is 24.4 Å². The Kier molecular flexibility index (Phi) is 7.56. The van der Waals surface area contributed by atoms with Crippen molar-refractivity contribution in [2.45, 2.75) is 13.5 Å². The lowest BCUT2D eigenvalue weighted by Gasteiger charge is -2.26. The summed E-state index contributed by atoms with van der Waals surface area (Å²) in [5.74, 6) is -0.0250. The number of carbonyl (C=O) groups is 3. The van der Waals surface area contributed by atoms with Crippen molar-refractivity contribution in [1.29, 1.82) is 0 Å². The van der Waals surface area contributed by atoms with Crippen LogP contribution in [-0.2, 0) is 16.2 Å². The number of carbonyl (C=O) groups excluding carboxylic acids is 3. The van der Waals surface area contributed by atoms with Gasteiger partial charge in [-0.1, -0.05) is 29.8 Å². The van der Waals surface area contributed by atoms with Crippen molar-refractivity contribution in [2.75, 3.05) is 18.6 Å². The zero-order valence-corrected chi connectivity index (χ0v) is 20.4. The number of imide groups is 2. The number of ether oxygens (including phenoxy) is 3. The first kappa shape index (κ1) is 24.8. The summed E-state index contributed by atoms with van der Waals surface area (Å²) in [6, 6.07) is 17.9. The smallest absolute Gasteiger partial charge is 0.335 e. The van der Waals surface area contributed by atoms with Crippen molar-refractivity contribution < 1.29 is 28.6 Å². The lowest BCUT2D eigenvalue weighted by molar-refractivity contribution is -0.122. The molecule has 3 aromatic carbocycles. The van der Waals surface area contributed by atoms with Gasteiger partial charge in [-0.25, -0.2) is 9.69 Å². The fraction of sp³-hybridized carbons (Fsp3) is 0.148. The third kappa shape index (κ3) is 5.34. The number of halogens is 1. The van der Waals surface area contributed by atoms with Crippen molar-refractivity contribution in [2.24, 2.45) is 0 Å². The maximum Gasteiger partial charge on any atom is 0.335 e. The highest BCUT2D eigenvalue weighted by Gasteiger charge is 2.37. The first-order chi connectivity index (χ1) is 17.4. The molecule has 0 aliphatic carbocycles. The molecule has 9 heteroatoms. The highest BCUT2D eigenvalue weighted by Crippen LogP contribution is 2.29. The van der Waals surface area contributed by atoms with E-state index in [1.807, 2.05) is 25.1 Å². The quantitative estimate of drug-likeness (QED) is 0.341. The number of nitrogens with one attached hydrogen (secondary N) is 1. The van der Waals surface area contributed by atoms with Crippen LogP contribution in [0.5, 0.6) is 17.2 Å². The SMILES string of the molecule is CCOc1cc(OC)ccc1/C=C1\C(=O)NC(=O)N(c2ccc(OCc3ccccc3Cl)cc2)C1=O. The lowest BCUT2D eigenvalue weighted by atomic mass is 10.1. The number of barbiturate groups is 1. The number of hydrogen-bond acceptors (Lipinski definition) is 6. The molecule has 0 spiro atoms. The highest BCUT2D eigenvalue weighted by atomic mass is 35.5. The molecule has 1 heterocycles. The molecule has 1 fully saturated rings. The third-order valence-corrected chi connectivity index (χ3v) is 5.74. The van der Waals surface area contributed by atoms with Gasteiger partial charge in [-0.3, -0.25) is 14.9 Å². The summed E-state index contributed by atoms with van der Waals surface area (Å²) in [4.78, 5) is 39.2. The van der Waals surface area contributed by atoms with E-state index in [-0.39, 0.29) is 17.9 Å². The minimum absolute atomic E-state index is 0.209. The maximum absolute atomic E-state index is 13.2. The molecule has 0 aromatic heterocycles. The second-order valence-corrected chi connectivity index (χ2v) is 8.08. The van der Waals surface area contributed by atoms with Gasteiger partial charge in [0.05, 0.1) is 19.4 Å². The zero-order valence-electron chi connectivity index (χ0n) is 19.6. The Bertz CT molecular complexity index is 1340. The molecule has 1 aliphatic rings. The molecule has 4 amide bonds. The second-order valence-electron chi connectivity index (χ2n) is 7.67. The molecule has 0 atom stereocenters. The van der Waals surface area contributed by atoms with Crippen LogP contribution in [0.25, 0.3) is 6.08 Å². The van der Waals surface area contributed by atoms with Crippen molar-refractivity contribution >= 4 is 41.2 Å². The van der Waals surface area contributed by atoms with E-state index in [0.29, 0.717) is 34.4 Å². The second kappa shape index (κ2) is 11.0. The number of rotatable bonds is 8. The Labute approximate surface area is 213 Å². The van der Waals surface area contributed by atoms with Gasteiger partial charge < -0.3 is 14.2 Å². The third-order valence-electron chi connectivity index (χ3n) is 5.37. The Hall–Kier alpha value is -4.30. The first-order valence-corrected chi connectivity index (χ1v) is 11.5. The summed E-state index contributed by atoms with van der Waals surface area (Å²) in [5.41, 5.74) is 1.39. The summed E-state index contributed by atoms with van der Waals surface area (Å²) in [6.45, 7) is 2.45. The van der Waals surface area contributed by atoms with Crippen molar-refractivity contribution in [1.82, 2.24) is 5.32 Å². The van der Waals surface area contributed by atoms with Crippen LogP contribution >= 0.6 is 11.6 Å². The van der Waals surface area contributed by atoms with Crippen LogP contribution in [-0.4, -0.2) is 31.6 Å². The Morgan fingerprint density at radius 2 is 1.67 bits per heavy atom. The molecular weight excluding hydrogens is 484 g/mol. The number of anilines is 1. The van der Waals surface area contributed by atoms with Crippen LogP contribution in [0.3, 0.4) is 0 Å². The van der Waals surface area contributed by atoms with E-state index in [1.165, 1.54) is 13.2 Å². The lowest BCUT2D eigenvalue weighted by Crippen LogP contribution is -2.54. The molecule has 8 nitrogen and oxygen atoms in total. The molecule has 1 aliphatic heterocycles. The molecule has 0 unspecified atom stereocenters. The summed E-state index contributed by atoms with van der Waals surface area (Å²) in [6.07, 6.45) is 1.39. The van der Waals surface area contributed by atoms with Crippen LogP contribution in [0.1, 0.15) is 18.1 Å². The molecule has 184 valence electrons. The fourth-order valence-corrected chi connectivity index (χ4v) is 3.75. The van der Waals surface area contributed by atoms with Gasteiger partial charge in [0.25, 0.3) is 11.8 Å². The van der Waals surface area contributed by atoms with Crippen LogP contribution in [0.2, 0.25) is 5.02 Å². The average Bonchev–Trinajstić information content (AvgIpc) is 2.87. The molecule has 1 saturated heterocycles. The number of nitrogens with zero attached hydrogens (tertiary/aromatic N) is 1. The monoisotopic (exact) mass is 506 g/mol. The standard InChI is InChI=1S/C27H23ClN2O6/c1-3-35-24-15-21(34-2)11-8-17(24)14-22-25(31)29-27(33)30(26(22)32)19-9-12-20(13-10-19)36-16-18-6-4-5-7-23(18)28/h4-15H,3,16H2,1-2H3,(H,29,31,33)/b22-14+. The van der Waals surface area contributed by atoms with Crippen molar-refractivity contribution in [3.8, 4) is 17.2 Å². The predicted octanol–water partition coefficient (Wildman–Crippen LogP) is 4.99. The Morgan fingerprint density at radius 3 is 2.36 bits per heavy atom. The van der Waals surface area contributed by atoms with Gasteiger partial charge in [0.15, 0.2) is 0 Å². The first-order valence-electron chi connectivity index (χ1n) is 11.1. The maximum atomic E-state index is 13.2. The minimum atomic E-state index is -0.841. The average molecular weight is 507 g/mol. The Balaban J connectivity index is 1.57. The van der Waals surface area contributed by atoms with Gasteiger partial charge in [-0.15, -0.1) is 0 Å². The largest absolute Gasteiger partial charge is 0.497 e. The number of hydrogen-bond donors (Lipinski definition) is 1. The zero-order chi connectivity index (χ0) is 25.7. The molecule has 0 bridgehead atoms. The number of methoxy groups -OCH3 is 1. The summed E-state index contributed by atoms with van der Waals surface area (Å²) < 4.78 is 16.6. The summed E-state index contributed by atoms with van der Waals surface area (Å²) in [5, 5.41) is 2.81. The molecule has 0 saturated carbocycles. The summed E-state index contributed by atoms with van der Waals surface area (Å²) in [7, 11) is 1.53. The Morgan fingerprint density at radius 1 is 0.944 bits per heavy atom. The van der Waals surface area contributed by atoms with E-state index in [0.717, 1.165) is 10.5 Å². The predicted molar refractivity (Wildman–Crippen MR) is 135 cm³/mol. The highest BCUT2D eigenvalue weighted by molar-refractivity contribution is 6.39. The molecule has 4 rings (SSSR count). The normalized spacial score (nSPS) is 14.6. The summed E-state index contributed by atoms with van der Waals surface area (Å²) >= 11 is 6.16. The van der Waals surface area contributed by atoms with E-state index in [1.54, 1.807) is 48.5 Å². The van der Waals surface area contributed by atoms with E-state index in [2.05, 4.69) is 5.32 Å². The van der Waals surface area contributed by atoms with Crippen LogP contribution in [0.15, 0.2) is 72.3 Å².